The predicted molar refractivity (Wildman–Crippen MR) is 55.1 cm³/mol. The van der Waals surface area contributed by atoms with E-state index in [4.69, 9.17) is 4.74 Å². The Bertz CT molecular complexity index is 306. The van der Waals surface area contributed by atoms with Crippen molar-refractivity contribution in [1.82, 2.24) is 0 Å². The fraction of sp³-hybridized carbons (Fsp3) is 0.667. The molecule has 0 aromatic heterocycles. The summed E-state index contributed by atoms with van der Waals surface area (Å²) in [4.78, 5) is 23.2. The SMILES string of the molecule is COC(=O)[C@H]1CC(=O)[C@@H]2CCC=C[C@@H]2C1. The third kappa shape index (κ3) is 1.96. The summed E-state index contributed by atoms with van der Waals surface area (Å²) in [5, 5.41) is 0. The minimum absolute atomic E-state index is 0.163. The van der Waals surface area contributed by atoms with Crippen molar-refractivity contribution in [3.05, 3.63) is 12.2 Å². The number of allylic oxidation sites excluding steroid dienone is 2. The number of methoxy groups -OCH3 is 1. The van der Waals surface area contributed by atoms with Crippen molar-refractivity contribution in [3.63, 3.8) is 0 Å². The van der Waals surface area contributed by atoms with Gasteiger partial charge in [-0.25, -0.2) is 0 Å². The topological polar surface area (TPSA) is 43.4 Å². The zero-order valence-electron chi connectivity index (χ0n) is 8.94. The fourth-order valence-electron chi connectivity index (χ4n) is 2.69. The third-order valence-electron chi connectivity index (χ3n) is 3.50. The van der Waals surface area contributed by atoms with Crippen LogP contribution < -0.4 is 0 Å². The average Bonchev–Trinajstić information content (AvgIpc) is 2.28. The highest BCUT2D eigenvalue weighted by molar-refractivity contribution is 5.88. The monoisotopic (exact) mass is 208 g/mol. The second-order valence-corrected chi connectivity index (χ2v) is 4.40. The average molecular weight is 208 g/mol. The Kier molecular flexibility index (Phi) is 2.89. The largest absolute Gasteiger partial charge is 0.469 e. The molecule has 0 N–H and O–H groups in total. The lowest BCUT2D eigenvalue weighted by Gasteiger charge is -2.34. The molecule has 0 saturated heterocycles. The summed E-state index contributed by atoms with van der Waals surface area (Å²) >= 11 is 0. The number of ether oxygens (including phenoxy) is 1. The molecule has 3 atom stereocenters. The summed E-state index contributed by atoms with van der Waals surface area (Å²) in [7, 11) is 1.38. The predicted octanol–water partition coefficient (Wildman–Crippen LogP) is 1.72. The van der Waals surface area contributed by atoms with Gasteiger partial charge in [0.05, 0.1) is 13.0 Å². The first kappa shape index (κ1) is 10.4. The van der Waals surface area contributed by atoms with E-state index in [0.29, 0.717) is 6.42 Å². The van der Waals surface area contributed by atoms with Crippen molar-refractivity contribution >= 4 is 11.8 Å². The van der Waals surface area contributed by atoms with Crippen LogP contribution >= 0.6 is 0 Å². The van der Waals surface area contributed by atoms with Crippen LogP contribution in [0.4, 0.5) is 0 Å². The Morgan fingerprint density at radius 1 is 1.53 bits per heavy atom. The van der Waals surface area contributed by atoms with Crippen LogP contribution in [-0.2, 0) is 14.3 Å². The van der Waals surface area contributed by atoms with E-state index in [1.54, 1.807) is 0 Å². The number of esters is 1. The maximum atomic E-state index is 11.8. The van der Waals surface area contributed by atoms with Crippen LogP contribution in [0.5, 0.6) is 0 Å². The van der Waals surface area contributed by atoms with Gasteiger partial charge < -0.3 is 4.74 Å². The van der Waals surface area contributed by atoms with Crippen LogP contribution in [0, 0.1) is 17.8 Å². The molecule has 1 saturated carbocycles. The molecule has 15 heavy (non-hydrogen) atoms. The summed E-state index contributed by atoms with van der Waals surface area (Å²) in [6, 6.07) is 0. The summed E-state index contributed by atoms with van der Waals surface area (Å²) in [5.41, 5.74) is 0. The smallest absolute Gasteiger partial charge is 0.309 e. The van der Waals surface area contributed by atoms with Crippen molar-refractivity contribution in [2.24, 2.45) is 17.8 Å². The molecule has 0 radical (unpaired) electrons. The van der Waals surface area contributed by atoms with Gasteiger partial charge in [0.1, 0.15) is 5.78 Å². The number of Topliss-reactive ketones (excluding diaryl/α,β-unsaturated/α-hetero) is 1. The van der Waals surface area contributed by atoms with Crippen LogP contribution in [0.1, 0.15) is 25.7 Å². The molecule has 1 fully saturated rings. The van der Waals surface area contributed by atoms with Gasteiger partial charge in [-0.1, -0.05) is 12.2 Å². The summed E-state index contributed by atoms with van der Waals surface area (Å²) in [6.45, 7) is 0. The standard InChI is InChI=1S/C12H16O3/c1-15-12(14)9-6-8-4-2-3-5-10(8)11(13)7-9/h2,4,8-10H,3,5-7H2,1H3/t8-,9-,10-/m1/s1. The van der Waals surface area contributed by atoms with Gasteiger partial charge in [0, 0.05) is 12.3 Å². The molecule has 0 spiro atoms. The number of carbonyl (C=O) groups is 2. The normalized spacial score (nSPS) is 34.7. The van der Waals surface area contributed by atoms with Crippen LogP contribution in [0.2, 0.25) is 0 Å². The number of fused-ring (bicyclic) bond motifs is 1. The highest BCUT2D eigenvalue weighted by Gasteiger charge is 2.39. The van der Waals surface area contributed by atoms with E-state index in [9.17, 15) is 9.59 Å². The second kappa shape index (κ2) is 4.17. The molecule has 82 valence electrons. The Balaban J connectivity index is 2.11. The molecule has 2 aliphatic carbocycles. The van der Waals surface area contributed by atoms with Crippen LogP contribution in [-0.4, -0.2) is 18.9 Å². The molecule has 2 aliphatic rings. The summed E-state index contributed by atoms with van der Waals surface area (Å²) < 4.78 is 4.70. The van der Waals surface area contributed by atoms with Crippen LogP contribution in [0.3, 0.4) is 0 Å². The van der Waals surface area contributed by atoms with E-state index in [2.05, 4.69) is 12.2 Å². The van der Waals surface area contributed by atoms with Gasteiger partial charge in [-0.3, -0.25) is 9.59 Å². The molecule has 0 unspecified atom stereocenters. The Labute approximate surface area is 89.5 Å². The van der Waals surface area contributed by atoms with Crippen molar-refractivity contribution in [2.45, 2.75) is 25.7 Å². The van der Waals surface area contributed by atoms with E-state index < -0.39 is 0 Å². The van der Waals surface area contributed by atoms with Gasteiger partial charge in [0.2, 0.25) is 0 Å². The van der Waals surface area contributed by atoms with E-state index >= 15 is 0 Å². The highest BCUT2D eigenvalue weighted by Crippen LogP contribution is 2.37. The number of hydrogen-bond acceptors (Lipinski definition) is 3. The van der Waals surface area contributed by atoms with E-state index in [1.807, 2.05) is 0 Å². The third-order valence-corrected chi connectivity index (χ3v) is 3.50. The maximum Gasteiger partial charge on any atom is 0.309 e. The van der Waals surface area contributed by atoms with Crippen molar-refractivity contribution in [3.8, 4) is 0 Å². The Morgan fingerprint density at radius 3 is 3.07 bits per heavy atom. The zero-order valence-corrected chi connectivity index (χ0v) is 8.94. The molecule has 2 rings (SSSR count). The van der Waals surface area contributed by atoms with Crippen molar-refractivity contribution in [1.29, 1.82) is 0 Å². The first-order valence-electron chi connectivity index (χ1n) is 5.49. The Morgan fingerprint density at radius 2 is 2.33 bits per heavy atom. The summed E-state index contributed by atoms with van der Waals surface area (Å²) in [6.07, 6.45) is 7.32. The van der Waals surface area contributed by atoms with Crippen LogP contribution in [0.25, 0.3) is 0 Å². The molecule has 0 aromatic rings. The quantitative estimate of drug-likeness (QED) is 0.487. The molecule has 0 amide bonds. The molecule has 3 heteroatoms. The molecule has 0 aromatic carbocycles. The number of carbonyl (C=O) groups excluding carboxylic acids is 2. The maximum absolute atomic E-state index is 11.8. The fourth-order valence-corrected chi connectivity index (χ4v) is 2.69. The molecule has 0 bridgehead atoms. The first-order valence-corrected chi connectivity index (χ1v) is 5.49. The zero-order chi connectivity index (χ0) is 10.8. The van der Waals surface area contributed by atoms with Crippen molar-refractivity contribution < 1.29 is 14.3 Å². The van der Waals surface area contributed by atoms with E-state index in [0.717, 1.165) is 19.3 Å². The van der Waals surface area contributed by atoms with Gasteiger partial charge in [-0.15, -0.1) is 0 Å². The minimum Gasteiger partial charge on any atom is -0.469 e. The van der Waals surface area contributed by atoms with Gasteiger partial charge in [-0.05, 0) is 25.2 Å². The van der Waals surface area contributed by atoms with Gasteiger partial charge in [-0.2, -0.15) is 0 Å². The lowest BCUT2D eigenvalue weighted by Crippen LogP contribution is -2.36. The highest BCUT2D eigenvalue weighted by atomic mass is 16.5. The van der Waals surface area contributed by atoms with Gasteiger partial charge in [0.25, 0.3) is 0 Å². The Hall–Kier alpha value is -1.12. The lowest BCUT2D eigenvalue weighted by atomic mass is 9.69. The van der Waals surface area contributed by atoms with E-state index in [-0.39, 0.29) is 29.5 Å². The molecular weight excluding hydrogens is 192 g/mol. The molecule has 0 heterocycles. The van der Waals surface area contributed by atoms with Gasteiger partial charge in [0.15, 0.2) is 0 Å². The number of ketones is 1. The summed E-state index contributed by atoms with van der Waals surface area (Å²) in [5.74, 6) is 0.221. The second-order valence-electron chi connectivity index (χ2n) is 4.40. The molecule has 0 aliphatic heterocycles. The minimum atomic E-state index is -0.235. The molecule has 3 nitrogen and oxygen atoms in total. The van der Waals surface area contributed by atoms with Crippen LogP contribution in [0.15, 0.2) is 12.2 Å². The van der Waals surface area contributed by atoms with Crippen molar-refractivity contribution in [2.75, 3.05) is 7.11 Å². The van der Waals surface area contributed by atoms with E-state index in [1.165, 1.54) is 7.11 Å². The molecular formula is C12H16O3. The number of rotatable bonds is 1. The number of hydrogen-bond donors (Lipinski definition) is 0. The lowest BCUT2D eigenvalue weighted by molar-refractivity contribution is -0.150. The first-order chi connectivity index (χ1) is 7.22. The van der Waals surface area contributed by atoms with Gasteiger partial charge >= 0.3 is 5.97 Å².